The van der Waals surface area contributed by atoms with Crippen molar-refractivity contribution in [2.75, 3.05) is 0 Å². The van der Waals surface area contributed by atoms with Gasteiger partial charge in [0.15, 0.2) is 0 Å². The Morgan fingerprint density at radius 2 is 1.32 bits per heavy atom. The Hall–Kier alpha value is -0.747. The van der Waals surface area contributed by atoms with E-state index >= 15 is 0 Å². The van der Waals surface area contributed by atoms with Crippen molar-refractivity contribution >= 4 is 8.78 Å². The van der Waals surface area contributed by atoms with Gasteiger partial charge in [-0.2, -0.15) is 0 Å². The van der Waals surface area contributed by atoms with E-state index in [-0.39, 0.29) is 35.6 Å². The standard InChI is InChI=1S/C38H47.C3H6.2ClH.Zr/c1-22-11-33(38-19-24-12-25(20-38)14-26(13-24)21-38)23(2)35(22)32-18-31-28(17-34(32)37(6,7)8)15-27-16-29(36(3,4)5)9-10-30(27)31;1-3-2;;;/h9-11,15-18,22,24-26H,12-14,19-21H2,1-8H3;1-2H3;2*1H;/q;;;;+2/p-2. The van der Waals surface area contributed by atoms with Crippen molar-refractivity contribution in [2.24, 2.45) is 29.1 Å². The Labute approximate surface area is 292 Å². The average Bonchev–Trinajstić information content (AvgIpc) is 3.34. The van der Waals surface area contributed by atoms with E-state index in [0.717, 1.165) is 17.8 Å². The van der Waals surface area contributed by atoms with Gasteiger partial charge >= 0.3 is 269 Å². The zero-order valence-corrected chi connectivity index (χ0v) is 32.8. The molecular weight excluding hydrogens is 655 g/mol. The Morgan fingerprint density at radius 3 is 1.84 bits per heavy atom. The Bertz CT molecular complexity index is 1530. The Kier molecular flexibility index (Phi) is 9.23. The van der Waals surface area contributed by atoms with Gasteiger partial charge in [-0.15, -0.1) is 0 Å². The van der Waals surface area contributed by atoms with Gasteiger partial charge in [0.2, 0.25) is 0 Å². The number of hydrogen-bond acceptors (Lipinski definition) is 0. The third-order valence-electron chi connectivity index (χ3n) is 11.8. The molecule has 0 heterocycles. The van der Waals surface area contributed by atoms with E-state index in [9.17, 15) is 0 Å². The molecule has 0 radical (unpaired) electrons. The number of rotatable bonds is 3. The molecular formula is C41H53Cl2Zr. The molecule has 6 aliphatic carbocycles. The van der Waals surface area contributed by atoms with Crippen molar-refractivity contribution in [2.45, 2.75) is 122 Å². The monoisotopic (exact) mass is 705 g/mol. The first-order chi connectivity index (χ1) is 19.6. The van der Waals surface area contributed by atoms with Crippen molar-refractivity contribution < 1.29 is 47.6 Å². The van der Waals surface area contributed by atoms with Crippen molar-refractivity contribution in [1.29, 1.82) is 0 Å². The molecule has 0 aliphatic heterocycles. The molecule has 0 spiro atoms. The predicted molar refractivity (Wildman–Crippen MR) is 178 cm³/mol. The maximum atomic E-state index is 2.74. The fraction of sp³-hybridized carbons (Fsp3) is 0.585. The van der Waals surface area contributed by atoms with Gasteiger partial charge in [0, 0.05) is 0 Å². The second-order valence-electron chi connectivity index (χ2n) is 17.5. The second kappa shape index (κ2) is 11.7. The summed E-state index contributed by atoms with van der Waals surface area (Å²) in [4.78, 5) is 0. The molecule has 4 saturated carbocycles. The van der Waals surface area contributed by atoms with Crippen molar-refractivity contribution in [3.63, 3.8) is 0 Å². The summed E-state index contributed by atoms with van der Waals surface area (Å²) in [5, 5.41) is 0. The molecule has 44 heavy (non-hydrogen) atoms. The second-order valence-corrected chi connectivity index (χ2v) is 22.1. The molecule has 6 aliphatic rings. The number of halogens is 2. The third-order valence-corrected chi connectivity index (χ3v) is 15.5. The van der Waals surface area contributed by atoms with E-state index in [1.807, 2.05) is 0 Å². The minimum Gasteiger partial charge on any atom is -1.00 e. The molecule has 2 unspecified atom stereocenters. The first-order valence-electron chi connectivity index (χ1n) is 17.0. The number of benzene rings is 2. The molecule has 0 amide bonds. The fourth-order valence-corrected chi connectivity index (χ4v) is 13.8. The van der Waals surface area contributed by atoms with Gasteiger partial charge in [-0.05, 0) is 0 Å². The van der Waals surface area contributed by atoms with Gasteiger partial charge in [-0.3, -0.25) is 0 Å². The van der Waals surface area contributed by atoms with Crippen LogP contribution in [0.2, 0.25) is 0 Å². The molecule has 2 aromatic rings. The molecule has 0 nitrogen and oxygen atoms in total. The summed E-state index contributed by atoms with van der Waals surface area (Å²) in [6, 6.07) is 12.9. The van der Waals surface area contributed by atoms with E-state index in [1.165, 1.54) is 55.2 Å². The van der Waals surface area contributed by atoms with Crippen LogP contribution in [0.3, 0.4) is 0 Å². The molecule has 4 fully saturated rings. The van der Waals surface area contributed by atoms with Crippen molar-refractivity contribution in [3.05, 3.63) is 75.4 Å². The van der Waals surface area contributed by atoms with E-state index in [1.54, 1.807) is 42.2 Å². The minimum atomic E-state index is -0.747. The van der Waals surface area contributed by atoms with Gasteiger partial charge in [0.1, 0.15) is 0 Å². The Balaban J connectivity index is 0.00000192. The van der Waals surface area contributed by atoms with Crippen LogP contribution < -0.4 is 24.8 Å². The van der Waals surface area contributed by atoms with E-state index in [0.29, 0.717) is 15.0 Å². The normalized spacial score (nSPS) is 29.9. The molecule has 8 rings (SSSR count). The SMILES string of the molecule is C[C](C)=[Zr+2][CH]1c2cc(C(C)(C)C)ccc2-c2cc(C3=C(C)C(C45CC6CC(CC(C6)C4)C5)=CC3C)c(C(C)(C)C)cc21.[Cl-].[Cl-]. The van der Waals surface area contributed by atoms with Gasteiger partial charge in [-0.1, -0.05) is 0 Å². The fourth-order valence-electron chi connectivity index (χ4n) is 10.5. The topological polar surface area (TPSA) is 0 Å². The predicted octanol–water partition coefficient (Wildman–Crippen LogP) is 5.22. The van der Waals surface area contributed by atoms with Gasteiger partial charge < -0.3 is 24.8 Å². The molecule has 2 aromatic carbocycles. The quantitative estimate of drug-likeness (QED) is 0.411. The summed E-state index contributed by atoms with van der Waals surface area (Å²) in [6.07, 6.45) is 11.7. The third kappa shape index (κ3) is 5.60. The van der Waals surface area contributed by atoms with E-state index in [4.69, 9.17) is 0 Å². The van der Waals surface area contributed by atoms with Crippen LogP contribution in [0.25, 0.3) is 16.7 Å². The first-order valence-corrected chi connectivity index (χ1v) is 19.6. The van der Waals surface area contributed by atoms with Crippen LogP contribution >= 0.6 is 0 Å². The van der Waals surface area contributed by atoms with Crippen LogP contribution in [0.5, 0.6) is 0 Å². The molecule has 0 saturated heterocycles. The summed E-state index contributed by atoms with van der Waals surface area (Å²) < 4.78 is 2.31. The molecule has 4 bridgehead atoms. The van der Waals surface area contributed by atoms with Crippen LogP contribution in [0.15, 0.2) is 47.6 Å². The summed E-state index contributed by atoms with van der Waals surface area (Å²) in [6.45, 7) is 24.2. The van der Waals surface area contributed by atoms with Crippen LogP contribution in [0.1, 0.15) is 139 Å². The minimum absolute atomic E-state index is 0. The zero-order chi connectivity index (χ0) is 29.9. The maximum absolute atomic E-state index is 2.74. The van der Waals surface area contributed by atoms with Crippen molar-refractivity contribution in [1.82, 2.24) is 0 Å². The van der Waals surface area contributed by atoms with E-state index in [2.05, 4.69) is 106 Å². The van der Waals surface area contributed by atoms with Crippen LogP contribution in [0.4, 0.5) is 0 Å². The number of allylic oxidation sites excluding steroid dienone is 4. The van der Waals surface area contributed by atoms with Gasteiger partial charge in [0.05, 0.1) is 0 Å². The molecule has 0 N–H and O–H groups in total. The maximum Gasteiger partial charge on any atom is -1.00 e. The van der Waals surface area contributed by atoms with E-state index < -0.39 is 22.8 Å². The number of hydrogen-bond donors (Lipinski definition) is 0. The van der Waals surface area contributed by atoms with Crippen LogP contribution in [-0.2, 0) is 33.6 Å². The summed E-state index contributed by atoms with van der Waals surface area (Å²) >= 11 is -0.747. The molecule has 2 atom stereocenters. The molecule has 0 aromatic heterocycles. The molecule has 3 heteroatoms. The number of fused-ring (bicyclic) bond motifs is 3. The largest absolute Gasteiger partial charge is 1.00 e. The van der Waals surface area contributed by atoms with Crippen molar-refractivity contribution in [3.8, 4) is 11.1 Å². The summed E-state index contributed by atoms with van der Waals surface area (Å²) in [5.74, 6) is 3.47. The smallest absolute Gasteiger partial charge is 1.00 e. The summed E-state index contributed by atoms with van der Waals surface area (Å²) in [5.41, 5.74) is 16.7. The van der Waals surface area contributed by atoms with Gasteiger partial charge in [0.25, 0.3) is 0 Å². The molecule has 235 valence electrons. The first kappa shape index (κ1) is 34.6. The van der Waals surface area contributed by atoms with Crippen LogP contribution in [-0.4, -0.2) is 3.21 Å². The average molecular weight is 708 g/mol. The Morgan fingerprint density at radius 1 is 0.750 bits per heavy atom. The zero-order valence-electron chi connectivity index (χ0n) is 28.8. The van der Waals surface area contributed by atoms with Crippen LogP contribution in [0, 0.1) is 29.1 Å². The summed E-state index contributed by atoms with van der Waals surface area (Å²) in [7, 11) is 0. The van der Waals surface area contributed by atoms with Gasteiger partial charge in [-0.25, -0.2) is 0 Å².